The Morgan fingerprint density at radius 1 is 1.03 bits per heavy atom. The molecule has 30 heavy (non-hydrogen) atoms. The van der Waals surface area contributed by atoms with Gasteiger partial charge in [0.1, 0.15) is 11.5 Å². The fourth-order valence-electron chi connectivity index (χ4n) is 3.67. The zero-order chi connectivity index (χ0) is 21.1. The molecule has 1 unspecified atom stereocenters. The van der Waals surface area contributed by atoms with Gasteiger partial charge < -0.3 is 19.7 Å². The number of nitrogens with zero attached hydrogens (tertiary/aromatic N) is 1. The largest absolute Gasteiger partial charge is 0.497 e. The topological polar surface area (TPSA) is 67.9 Å². The van der Waals surface area contributed by atoms with Crippen LogP contribution in [-0.4, -0.2) is 36.9 Å². The predicted molar refractivity (Wildman–Crippen MR) is 115 cm³/mol. The number of halogens is 1. The fraction of sp³-hybridized carbons (Fsp3) is 0.391. The van der Waals surface area contributed by atoms with Crippen LogP contribution in [0, 0.1) is 11.8 Å². The molecule has 1 atom stereocenters. The first-order valence-electron chi connectivity index (χ1n) is 10.2. The van der Waals surface area contributed by atoms with E-state index in [9.17, 15) is 9.59 Å². The molecule has 7 heteroatoms. The smallest absolute Gasteiger partial charge is 0.229 e. The maximum Gasteiger partial charge on any atom is 0.229 e. The Morgan fingerprint density at radius 2 is 1.77 bits per heavy atom. The standard InChI is InChI=1S/C23H25ClN2O4/c1-29-18-7-9-19(10-8-18)30-21-11-6-17(24)13-20(21)25-22(27)16-3-2-12-26(14-16)23(28)15-4-5-15/h6-11,13,15-16H,2-5,12,14H2,1H3,(H,25,27). The number of ether oxygens (including phenoxy) is 2. The molecule has 2 aromatic rings. The number of carbonyl (C=O) groups excluding carboxylic acids is 2. The molecular weight excluding hydrogens is 404 g/mol. The molecule has 4 rings (SSSR count). The SMILES string of the molecule is COc1ccc(Oc2ccc(Cl)cc2NC(=O)C2CCCN(C(=O)C3CC3)C2)cc1. The Labute approximate surface area is 181 Å². The first-order chi connectivity index (χ1) is 14.5. The van der Waals surface area contributed by atoms with Crippen molar-refractivity contribution in [1.29, 1.82) is 0 Å². The number of anilines is 1. The molecule has 1 saturated heterocycles. The third kappa shape index (κ3) is 4.87. The summed E-state index contributed by atoms with van der Waals surface area (Å²) in [5.41, 5.74) is 0.508. The summed E-state index contributed by atoms with van der Waals surface area (Å²) in [6.45, 7) is 1.21. The van der Waals surface area contributed by atoms with Gasteiger partial charge in [-0.2, -0.15) is 0 Å². The summed E-state index contributed by atoms with van der Waals surface area (Å²) >= 11 is 6.16. The Kier molecular flexibility index (Phi) is 6.13. The molecule has 1 N–H and O–H groups in total. The molecule has 2 amide bonds. The lowest BCUT2D eigenvalue weighted by Gasteiger charge is -2.32. The highest BCUT2D eigenvalue weighted by Crippen LogP contribution is 2.35. The Balaban J connectivity index is 1.45. The van der Waals surface area contributed by atoms with Crippen molar-refractivity contribution in [2.75, 3.05) is 25.5 Å². The molecule has 158 valence electrons. The van der Waals surface area contributed by atoms with E-state index >= 15 is 0 Å². The highest BCUT2D eigenvalue weighted by Gasteiger charge is 2.36. The summed E-state index contributed by atoms with van der Waals surface area (Å²) in [7, 11) is 1.60. The number of rotatable bonds is 6. The Bertz CT molecular complexity index is 927. The number of hydrogen-bond donors (Lipinski definition) is 1. The van der Waals surface area contributed by atoms with Gasteiger partial charge in [0.05, 0.1) is 18.7 Å². The summed E-state index contributed by atoms with van der Waals surface area (Å²) in [6, 6.07) is 12.3. The number of nitrogens with one attached hydrogen (secondary N) is 1. The molecule has 1 heterocycles. The van der Waals surface area contributed by atoms with Gasteiger partial charge in [0.25, 0.3) is 0 Å². The van der Waals surface area contributed by atoms with Gasteiger partial charge in [0, 0.05) is 24.0 Å². The van der Waals surface area contributed by atoms with Crippen LogP contribution in [0.3, 0.4) is 0 Å². The zero-order valence-corrected chi connectivity index (χ0v) is 17.7. The number of amides is 2. The zero-order valence-electron chi connectivity index (χ0n) is 16.9. The maximum absolute atomic E-state index is 13.0. The fourth-order valence-corrected chi connectivity index (χ4v) is 3.85. The number of likely N-dealkylation sites (tertiary alicyclic amines) is 1. The van der Waals surface area contributed by atoms with Crippen LogP contribution >= 0.6 is 11.6 Å². The summed E-state index contributed by atoms with van der Waals surface area (Å²) < 4.78 is 11.1. The van der Waals surface area contributed by atoms with Crippen molar-refractivity contribution in [3.05, 3.63) is 47.5 Å². The van der Waals surface area contributed by atoms with E-state index in [2.05, 4.69) is 5.32 Å². The van der Waals surface area contributed by atoms with Gasteiger partial charge in [-0.05, 0) is 68.1 Å². The Hall–Kier alpha value is -2.73. The van der Waals surface area contributed by atoms with Crippen LogP contribution in [0.25, 0.3) is 0 Å². The highest BCUT2D eigenvalue weighted by molar-refractivity contribution is 6.31. The van der Waals surface area contributed by atoms with E-state index in [1.165, 1.54) is 0 Å². The first-order valence-corrected chi connectivity index (χ1v) is 10.6. The van der Waals surface area contributed by atoms with E-state index < -0.39 is 0 Å². The van der Waals surface area contributed by atoms with Crippen LogP contribution < -0.4 is 14.8 Å². The number of methoxy groups -OCH3 is 1. The maximum atomic E-state index is 13.0. The van der Waals surface area contributed by atoms with E-state index in [1.54, 1.807) is 49.6 Å². The van der Waals surface area contributed by atoms with E-state index in [0.29, 0.717) is 28.8 Å². The summed E-state index contributed by atoms with van der Waals surface area (Å²) in [6.07, 6.45) is 3.54. The van der Waals surface area contributed by atoms with E-state index in [1.807, 2.05) is 4.90 Å². The predicted octanol–water partition coefficient (Wildman–Crippen LogP) is 4.73. The molecule has 1 aliphatic carbocycles. The lowest BCUT2D eigenvalue weighted by atomic mass is 9.96. The molecule has 2 aliphatic rings. The van der Waals surface area contributed by atoms with Crippen LogP contribution in [0.5, 0.6) is 17.2 Å². The highest BCUT2D eigenvalue weighted by atomic mass is 35.5. The average Bonchev–Trinajstić information content (AvgIpc) is 3.61. The van der Waals surface area contributed by atoms with Gasteiger partial charge in [-0.3, -0.25) is 9.59 Å². The van der Waals surface area contributed by atoms with Crippen molar-refractivity contribution < 1.29 is 19.1 Å². The second-order valence-corrected chi connectivity index (χ2v) is 8.24. The van der Waals surface area contributed by atoms with Crippen LogP contribution in [-0.2, 0) is 9.59 Å². The van der Waals surface area contributed by atoms with Gasteiger partial charge in [-0.25, -0.2) is 0 Å². The van der Waals surface area contributed by atoms with Crippen LogP contribution in [0.4, 0.5) is 5.69 Å². The van der Waals surface area contributed by atoms with Gasteiger partial charge in [-0.15, -0.1) is 0 Å². The minimum atomic E-state index is -0.241. The number of benzene rings is 2. The molecule has 2 aromatic carbocycles. The quantitative estimate of drug-likeness (QED) is 0.722. The van der Waals surface area contributed by atoms with Crippen molar-refractivity contribution in [3.63, 3.8) is 0 Å². The van der Waals surface area contributed by atoms with Crippen LogP contribution in [0.1, 0.15) is 25.7 Å². The molecule has 1 saturated carbocycles. The van der Waals surface area contributed by atoms with Crippen molar-refractivity contribution in [1.82, 2.24) is 4.90 Å². The molecule has 1 aliphatic heterocycles. The molecule has 0 spiro atoms. The molecule has 0 aromatic heterocycles. The molecule has 0 radical (unpaired) electrons. The van der Waals surface area contributed by atoms with Crippen LogP contribution in [0.2, 0.25) is 5.02 Å². The number of hydrogen-bond acceptors (Lipinski definition) is 4. The van der Waals surface area contributed by atoms with Gasteiger partial charge in [0.2, 0.25) is 11.8 Å². The van der Waals surface area contributed by atoms with E-state index in [4.69, 9.17) is 21.1 Å². The van der Waals surface area contributed by atoms with Crippen molar-refractivity contribution in [2.24, 2.45) is 11.8 Å². The minimum absolute atomic E-state index is 0.120. The van der Waals surface area contributed by atoms with Crippen molar-refractivity contribution in [3.8, 4) is 17.2 Å². The molecule has 2 fully saturated rings. The minimum Gasteiger partial charge on any atom is -0.497 e. The van der Waals surface area contributed by atoms with Crippen molar-refractivity contribution in [2.45, 2.75) is 25.7 Å². The average molecular weight is 429 g/mol. The lowest BCUT2D eigenvalue weighted by molar-refractivity contribution is -0.135. The van der Waals surface area contributed by atoms with Gasteiger partial charge >= 0.3 is 0 Å². The second kappa shape index (κ2) is 8.96. The Morgan fingerprint density at radius 3 is 2.47 bits per heavy atom. The first kappa shape index (κ1) is 20.5. The molecular formula is C23H25ClN2O4. The molecule has 0 bridgehead atoms. The third-order valence-electron chi connectivity index (χ3n) is 5.52. The van der Waals surface area contributed by atoms with E-state index in [-0.39, 0.29) is 23.7 Å². The summed E-state index contributed by atoms with van der Waals surface area (Å²) in [4.78, 5) is 27.2. The normalized spacial score (nSPS) is 18.6. The van der Waals surface area contributed by atoms with Gasteiger partial charge in [-0.1, -0.05) is 11.6 Å². The summed E-state index contributed by atoms with van der Waals surface area (Å²) in [5, 5.41) is 3.46. The number of carbonyl (C=O) groups is 2. The third-order valence-corrected chi connectivity index (χ3v) is 5.75. The summed E-state index contributed by atoms with van der Waals surface area (Å²) in [5.74, 6) is 1.85. The monoisotopic (exact) mass is 428 g/mol. The number of piperidine rings is 1. The molecule has 6 nitrogen and oxygen atoms in total. The van der Waals surface area contributed by atoms with Crippen LogP contribution in [0.15, 0.2) is 42.5 Å². The van der Waals surface area contributed by atoms with Crippen molar-refractivity contribution >= 4 is 29.1 Å². The second-order valence-electron chi connectivity index (χ2n) is 7.81. The van der Waals surface area contributed by atoms with Gasteiger partial charge in [0.15, 0.2) is 5.75 Å². The van der Waals surface area contributed by atoms with E-state index in [0.717, 1.165) is 38.0 Å². The lowest BCUT2D eigenvalue weighted by Crippen LogP contribution is -2.44.